The molecule has 0 aliphatic rings. The van der Waals surface area contributed by atoms with E-state index >= 15 is 0 Å². The molecule has 1 aromatic heterocycles. The van der Waals surface area contributed by atoms with E-state index in [-0.39, 0.29) is 5.41 Å². The van der Waals surface area contributed by atoms with Gasteiger partial charge in [0, 0.05) is 21.8 Å². The van der Waals surface area contributed by atoms with Crippen molar-refractivity contribution in [2.75, 3.05) is 7.05 Å². The van der Waals surface area contributed by atoms with E-state index in [2.05, 4.69) is 77.7 Å². The van der Waals surface area contributed by atoms with Crippen LogP contribution in [0, 0.1) is 0 Å². The van der Waals surface area contributed by atoms with Gasteiger partial charge in [-0.2, -0.15) is 0 Å². The fourth-order valence-electron chi connectivity index (χ4n) is 2.51. The van der Waals surface area contributed by atoms with E-state index in [4.69, 9.17) is 0 Å². The van der Waals surface area contributed by atoms with E-state index in [9.17, 15) is 0 Å². The second-order valence-corrected chi connectivity index (χ2v) is 7.93. The summed E-state index contributed by atoms with van der Waals surface area (Å²) in [7, 11) is 2.05. The van der Waals surface area contributed by atoms with E-state index < -0.39 is 0 Å². The van der Waals surface area contributed by atoms with Gasteiger partial charge >= 0.3 is 0 Å². The van der Waals surface area contributed by atoms with Crippen molar-refractivity contribution >= 4 is 27.3 Å². The first kappa shape index (κ1) is 15.7. The molecule has 2 rings (SSSR count). The molecular formula is C17H22BrNS. The van der Waals surface area contributed by atoms with Gasteiger partial charge in [0.1, 0.15) is 0 Å². The summed E-state index contributed by atoms with van der Waals surface area (Å²) in [4.78, 5) is 1.40. The third kappa shape index (κ3) is 3.51. The minimum absolute atomic E-state index is 0.165. The van der Waals surface area contributed by atoms with Gasteiger partial charge in [0.2, 0.25) is 0 Å². The van der Waals surface area contributed by atoms with Crippen molar-refractivity contribution in [3.8, 4) is 0 Å². The molecule has 0 bridgehead atoms. The SMILES string of the molecule is CNC(Cc1sccc1Br)c1ccccc1C(C)(C)C. The maximum Gasteiger partial charge on any atom is 0.0369 e. The first-order valence-electron chi connectivity index (χ1n) is 6.92. The van der Waals surface area contributed by atoms with Gasteiger partial charge in [-0.25, -0.2) is 0 Å². The molecular weight excluding hydrogens is 330 g/mol. The van der Waals surface area contributed by atoms with Crippen molar-refractivity contribution < 1.29 is 0 Å². The molecule has 1 unspecified atom stereocenters. The van der Waals surface area contributed by atoms with Gasteiger partial charge in [0.25, 0.3) is 0 Å². The molecule has 3 heteroatoms. The topological polar surface area (TPSA) is 12.0 Å². The average Bonchev–Trinajstić information content (AvgIpc) is 2.80. The number of hydrogen-bond donors (Lipinski definition) is 1. The quantitative estimate of drug-likeness (QED) is 0.786. The lowest BCUT2D eigenvalue weighted by atomic mass is 9.81. The molecule has 1 atom stereocenters. The maximum absolute atomic E-state index is 3.64. The summed E-state index contributed by atoms with van der Waals surface area (Å²) in [5.41, 5.74) is 2.99. The van der Waals surface area contributed by atoms with Gasteiger partial charge < -0.3 is 5.32 Å². The van der Waals surface area contributed by atoms with Gasteiger partial charge in [-0.3, -0.25) is 0 Å². The Morgan fingerprint density at radius 2 is 1.90 bits per heavy atom. The van der Waals surface area contributed by atoms with E-state index in [1.807, 2.05) is 18.4 Å². The van der Waals surface area contributed by atoms with Crippen LogP contribution in [0.25, 0.3) is 0 Å². The molecule has 0 spiro atoms. The van der Waals surface area contributed by atoms with Crippen LogP contribution in [0.3, 0.4) is 0 Å². The van der Waals surface area contributed by atoms with Crippen molar-refractivity contribution in [3.63, 3.8) is 0 Å². The standard InChI is InChI=1S/C17H22BrNS/c1-17(2,3)13-8-6-5-7-12(13)15(19-4)11-16-14(18)9-10-20-16/h5-10,15,19H,11H2,1-4H3. The smallest absolute Gasteiger partial charge is 0.0369 e. The number of thiophene rings is 1. The van der Waals surface area contributed by atoms with Crippen molar-refractivity contribution in [1.29, 1.82) is 0 Å². The molecule has 1 nitrogen and oxygen atoms in total. The molecule has 0 aliphatic heterocycles. The highest BCUT2D eigenvalue weighted by atomic mass is 79.9. The molecule has 108 valence electrons. The normalized spacial score (nSPS) is 13.4. The van der Waals surface area contributed by atoms with Gasteiger partial charge in [0.05, 0.1) is 0 Å². The Morgan fingerprint density at radius 1 is 1.20 bits per heavy atom. The van der Waals surface area contributed by atoms with Gasteiger partial charge in [-0.1, -0.05) is 45.0 Å². The van der Waals surface area contributed by atoms with Crippen molar-refractivity contribution in [2.45, 2.75) is 38.6 Å². The van der Waals surface area contributed by atoms with Gasteiger partial charge in [-0.05, 0) is 51.0 Å². The minimum Gasteiger partial charge on any atom is -0.313 e. The number of halogens is 1. The summed E-state index contributed by atoms with van der Waals surface area (Å²) in [5.74, 6) is 0. The first-order chi connectivity index (χ1) is 9.43. The molecule has 1 N–H and O–H groups in total. The van der Waals surface area contributed by atoms with Crippen LogP contribution in [-0.2, 0) is 11.8 Å². The summed E-state index contributed by atoms with van der Waals surface area (Å²) in [6.45, 7) is 6.83. The largest absolute Gasteiger partial charge is 0.313 e. The van der Waals surface area contributed by atoms with Crippen molar-refractivity contribution in [3.05, 3.63) is 56.2 Å². The molecule has 0 aliphatic carbocycles. The number of rotatable bonds is 4. The molecule has 1 aromatic carbocycles. The van der Waals surface area contributed by atoms with Crippen LogP contribution in [-0.4, -0.2) is 7.05 Å². The fraction of sp³-hybridized carbons (Fsp3) is 0.412. The zero-order valence-electron chi connectivity index (χ0n) is 12.5. The number of likely N-dealkylation sites (N-methyl/N-ethyl adjacent to an activating group) is 1. The third-order valence-electron chi connectivity index (χ3n) is 3.57. The molecule has 1 heterocycles. The third-order valence-corrected chi connectivity index (χ3v) is 5.52. The second kappa shape index (κ2) is 6.42. The number of hydrogen-bond acceptors (Lipinski definition) is 2. The molecule has 0 saturated carbocycles. The Balaban J connectivity index is 2.35. The lowest BCUT2D eigenvalue weighted by Crippen LogP contribution is -2.24. The van der Waals surface area contributed by atoms with Crippen LogP contribution in [0.2, 0.25) is 0 Å². The van der Waals surface area contributed by atoms with E-state index in [0.717, 1.165) is 6.42 Å². The second-order valence-electron chi connectivity index (χ2n) is 6.07. The molecule has 0 fully saturated rings. The summed E-state index contributed by atoms with van der Waals surface area (Å²) in [6, 6.07) is 11.3. The Labute approximate surface area is 134 Å². The van der Waals surface area contributed by atoms with Crippen LogP contribution in [0.4, 0.5) is 0 Å². The lowest BCUT2D eigenvalue weighted by Gasteiger charge is -2.27. The Morgan fingerprint density at radius 3 is 2.45 bits per heavy atom. The monoisotopic (exact) mass is 351 g/mol. The molecule has 2 aromatic rings. The fourth-order valence-corrected chi connectivity index (χ4v) is 4.07. The van der Waals surface area contributed by atoms with E-state index in [1.165, 1.54) is 20.5 Å². The lowest BCUT2D eigenvalue weighted by molar-refractivity contribution is 0.540. The van der Waals surface area contributed by atoms with Crippen LogP contribution in [0.15, 0.2) is 40.2 Å². The predicted molar refractivity (Wildman–Crippen MR) is 92.7 cm³/mol. The summed E-state index contributed by atoms with van der Waals surface area (Å²) < 4.78 is 1.22. The summed E-state index contributed by atoms with van der Waals surface area (Å²) in [6.07, 6.45) is 1.02. The highest BCUT2D eigenvalue weighted by Gasteiger charge is 2.22. The molecule has 0 radical (unpaired) electrons. The first-order valence-corrected chi connectivity index (χ1v) is 8.59. The average molecular weight is 352 g/mol. The summed E-state index contributed by atoms with van der Waals surface area (Å²) in [5, 5.41) is 5.62. The van der Waals surface area contributed by atoms with Crippen LogP contribution in [0.1, 0.15) is 42.8 Å². The highest BCUT2D eigenvalue weighted by Crippen LogP contribution is 2.33. The number of benzene rings is 1. The van der Waals surface area contributed by atoms with Crippen LogP contribution >= 0.6 is 27.3 Å². The zero-order valence-corrected chi connectivity index (χ0v) is 14.9. The van der Waals surface area contributed by atoms with Crippen LogP contribution < -0.4 is 5.32 Å². The maximum atomic E-state index is 3.64. The molecule has 20 heavy (non-hydrogen) atoms. The van der Waals surface area contributed by atoms with Gasteiger partial charge in [-0.15, -0.1) is 11.3 Å². The van der Waals surface area contributed by atoms with Gasteiger partial charge in [0.15, 0.2) is 0 Å². The zero-order chi connectivity index (χ0) is 14.8. The Hall–Kier alpha value is -0.640. The van der Waals surface area contributed by atoms with E-state index in [1.54, 1.807) is 0 Å². The minimum atomic E-state index is 0.165. The highest BCUT2D eigenvalue weighted by molar-refractivity contribution is 9.10. The Bertz CT molecular complexity index is 568. The van der Waals surface area contributed by atoms with Crippen LogP contribution in [0.5, 0.6) is 0 Å². The summed E-state index contributed by atoms with van der Waals surface area (Å²) >= 11 is 5.45. The van der Waals surface area contributed by atoms with Crippen molar-refractivity contribution in [2.24, 2.45) is 0 Å². The number of nitrogens with one attached hydrogen (secondary N) is 1. The predicted octanol–water partition coefficient (Wildman–Crippen LogP) is 5.31. The molecule has 0 amide bonds. The van der Waals surface area contributed by atoms with E-state index in [0.29, 0.717) is 6.04 Å². The Kier molecular flexibility index (Phi) is 5.05. The van der Waals surface area contributed by atoms with Crippen molar-refractivity contribution in [1.82, 2.24) is 5.32 Å². The molecule has 0 saturated heterocycles.